The van der Waals surface area contributed by atoms with Gasteiger partial charge in [0.2, 0.25) is 0 Å². The van der Waals surface area contributed by atoms with Crippen molar-refractivity contribution in [2.24, 2.45) is 0 Å². The highest BCUT2D eigenvalue weighted by atomic mass is 35.5. The molecule has 154 valence electrons. The van der Waals surface area contributed by atoms with Crippen LogP contribution in [0.1, 0.15) is 11.1 Å². The minimum atomic E-state index is -0.773. The van der Waals surface area contributed by atoms with Gasteiger partial charge in [0, 0.05) is 11.6 Å². The van der Waals surface area contributed by atoms with E-state index in [9.17, 15) is 14.4 Å². The van der Waals surface area contributed by atoms with Crippen molar-refractivity contribution in [2.45, 2.75) is 6.61 Å². The van der Waals surface area contributed by atoms with Crippen LogP contribution in [0.15, 0.2) is 60.7 Å². The highest BCUT2D eigenvalue weighted by Crippen LogP contribution is 2.30. The predicted octanol–water partition coefficient (Wildman–Crippen LogP) is 3.58. The molecule has 1 saturated heterocycles. The number of benzene rings is 2. The molecule has 0 aromatic heterocycles. The summed E-state index contributed by atoms with van der Waals surface area (Å²) in [5.41, 5.74) is 1.31. The van der Waals surface area contributed by atoms with E-state index in [1.807, 2.05) is 12.1 Å². The quantitative estimate of drug-likeness (QED) is 0.415. The van der Waals surface area contributed by atoms with Crippen molar-refractivity contribution in [1.82, 2.24) is 10.2 Å². The zero-order valence-corrected chi connectivity index (χ0v) is 16.9. The maximum Gasteiger partial charge on any atom is 0.331 e. The van der Waals surface area contributed by atoms with Gasteiger partial charge in [-0.05, 0) is 41.5 Å². The van der Waals surface area contributed by atoms with Crippen LogP contribution in [0.2, 0.25) is 5.02 Å². The summed E-state index contributed by atoms with van der Waals surface area (Å²) in [5.74, 6) is -0.517. The molecule has 2 aromatic carbocycles. The summed E-state index contributed by atoms with van der Waals surface area (Å²) in [5, 5.41) is 2.79. The molecule has 1 fully saturated rings. The molecule has 4 amide bonds. The van der Waals surface area contributed by atoms with Gasteiger partial charge in [0.05, 0.1) is 7.11 Å². The number of carbonyl (C=O) groups is 3. The van der Waals surface area contributed by atoms with Crippen molar-refractivity contribution in [3.8, 4) is 11.5 Å². The molecule has 1 aliphatic heterocycles. The summed E-state index contributed by atoms with van der Waals surface area (Å²) >= 11 is 5.88. The Morgan fingerprint density at radius 1 is 1.10 bits per heavy atom. The number of barbiturate groups is 1. The molecule has 1 aliphatic rings. The first-order valence-electron chi connectivity index (χ1n) is 8.98. The lowest BCUT2D eigenvalue weighted by Crippen LogP contribution is -2.54. The van der Waals surface area contributed by atoms with Gasteiger partial charge in [0.25, 0.3) is 11.8 Å². The van der Waals surface area contributed by atoms with Crippen LogP contribution in [0.5, 0.6) is 11.5 Å². The van der Waals surface area contributed by atoms with Crippen molar-refractivity contribution >= 4 is 35.5 Å². The molecule has 0 atom stereocenters. The fourth-order valence-electron chi connectivity index (χ4n) is 2.79. The molecule has 7 nitrogen and oxygen atoms in total. The van der Waals surface area contributed by atoms with Gasteiger partial charge >= 0.3 is 6.03 Å². The number of nitrogens with zero attached hydrogens (tertiary/aromatic N) is 1. The number of carbonyl (C=O) groups excluding carboxylic acids is 3. The van der Waals surface area contributed by atoms with Crippen LogP contribution in [0.25, 0.3) is 6.08 Å². The Balaban J connectivity index is 1.82. The number of hydrogen-bond donors (Lipinski definition) is 1. The second kappa shape index (κ2) is 9.28. The first-order chi connectivity index (χ1) is 14.4. The lowest BCUT2D eigenvalue weighted by atomic mass is 10.1. The monoisotopic (exact) mass is 426 g/mol. The van der Waals surface area contributed by atoms with E-state index >= 15 is 0 Å². The molecular formula is C22H19ClN2O5. The van der Waals surface area contributed by atoms with Gasteiger partial charge in [-0.1, -0.05) is 35.9 Å². The van der Waals surface area contributed by atoms with Gasteiger partial charge in [0.15, 0.2) is 11.5 Å². The van der Waals surface area contributed by atoms with Crippen molar-refractivity contribution in [3.05, 3.63) is 76.8 Å². The summed E-state index contributed by atoms with van der Waals surface area (Å²) in [6, 6.07) is 11.5. The standard InChI is InChI=1S/C22H19ClN2O5/c1-3-10-25-21(27)17(20(26)24-22(25)28)11-15-6-9-18(19(12-15)29-2)30-13-14-4-7-16(23)8-5-14/h3-9,11-12H,1,10,13H2,2H3,(H,24,26,28)/b17-11+. The van der Waals surface area contributed by atoms with Crippen LogP contribution in [-0.4, -0.2) is 36.4 Å². The van der Waals surface area contributed by atoms with Crippen LogP contribution in [0.3, 0.4) is 0 Å². The average molecular weight is 427 g/mol. The Morgan fingerprint density at radius 3 is 2.50 bits per heavy atom. The third kappa shape index (κ3) is 4.69. The Morgan fingerprint density at radius 2 is 1.83 bits per heavy atom. The molecular weight excluding hydrogens is 408 g/mol. The fraction of sp³-hybridized carbons (Fsp3) is 0.136. The first-order valence-corrected chi connectivity index (χ1v) is 9.35. The third-order valence-electron chi connectivity index (χ3n) is 4.30. The van der Waals surface area contributed by atoms with E-state index in [0.29, 0.717) is 28.7 Å². The molecule has 0 aliphatic carbocycles. The van der Waals surface area contributed by atoms with Crippen LogP contribution in [-0.2, 0) is 16.2 Å². The van der Waals surface area contributed by atoms with Crippen molar-refractivity contribution < 1.29 is 23.9 Å². The normalized spacial score (nSPS) is 15.2. The molecule has 1 heterocycles. The van der Waals surface area contributed by atoms with Gasteiger partial charge in [0.1, 0.15) is 12.2 Å². The molecule has 1 N–H and O–H groups in total. The fourth-order valence-corrected chi connectivity index (χ4v) is 2.92. The molecule has 0 spiro atoms. The highest BCUT2D eigenvalue weighted by Gasteiger charge is 2.34. The van der Waals surface area contributed by atoms with E-state index in [1.165, 1.54) is 19.3 Å². The van der Waals surface area contributed by atoms with Gasteiger partial charge in [-0.2, -0.15) is 0 Å². The minimum absolute atomic E-state index is 0.00389. The highest BCUT2D eigenvalue weighted by molar-refractivity contribution is 6.31. The number of rotatable bonds is 7. The predicted molar refractivity (Wildman–Crippen MR) is 112 cm³/mol. The molecule has 30 heavy (non-hydrogen) atoms. The Kier molecular flexibility index (Phi) is 6.54. The second-order valence-electron chi connectivity index (χ2n) is 6.35. The van der Waals surface area contributed by atoms with Gasteiger partial charge < -0.3 is 9.47 Å². The van der Waals surface area contributed by atoms with E-state index in [2.05, 4.69) is 11.9 Å². The molecule has 0 unspecified atom stereocenters. The topological polar surface area (TPSA) is 84.9 Å². The maximum atomic E-state index is 12.5. The molecule has 3 rings (SSSR count). The maximum absolute atomic E-state index is 12.5. The lowest BCUT2D eigenvalue weighted by Gasteiger charge is -2.25. The van der Waals surface area contributed by atoms with Crippen LogP contribution < -0.4 is 14.8 Å². The lowest BCUT2D eigenvalue weighted by molar-refractivity contribution is -0.129. The number of ether oxygens (including phenoxy) is 2. The number of hydrogen-bond acceptors (Lipinski definition) is 5. The Labute approximate surface area is 178 Å². The van der Waals surface area contributed by atoms with Crippen LogP contribution in [0.4, 0.5) is 4.79 Å². The molecule has 8 heteroatoms. The number of urea groups is 1. The third-order valence-corrected chi connectivity index (χ3v) is 4.56. The van der Waals surface area contributed by atoms with Gasteiger partial charge in [-0.25, -0.2) is 4.79 Å². The largest absolute Gasteiger partial charge is 0.493 e. The number of imide groups is 2. The van der Waals surface area contributed by atoms with Gasteiger partial charge in [-0.3, -0.25) is 19.8 Å². The Bertz CT molecular complexity index is 1030. The van der Waals surface area contributed by atoms with Crippen molar-refractivity contribution in [1.29, 1.82) is 0 Å². The number of amides is 4. The summed E-state index contributed by atoms with van der Waals surface area (Å²) in [6.07, 6.45) is 2.80. The van der Waals surface area contributed by atoms with Crippen LogP contribution >= 0.6 is 11.6 Å². The van der Waals surface area contributed by atoms with E-state index in [1.54, 1.807) is 30.3 Å². The summed E-state index contributed by atoms with van der Waals surface area (Å²) < 4.78 is 11.2. The van der Waals surface area contributed by atoms with E-state index in [-0.39, 0.29) is 12.1 Å². The zero-order valence-electron chi connectivity index (χ0n) is 16.2. The smallest absolute Gasteiger partial charge is 0.331 e. The number of nitrogens with one attached hydrogen (secondary N) is 1. The number of methoxy groups -OCH3 is 1. The average Bonchev–Trinajstić information content (AvgIpc) is 2.74. The minimum Gasteiger partial charge on any atom is -0.493 e. The zero-order chi connectivity index (χ0) is 21.7. The summed E-state index contributed by atoms with van der Waals surface area (Å²) in [6.45, 7) is 3.82. The van der Waals surface area contributed by atoms with E-state index in [4.69, 9.17) is 21.1 Å². The summed E-state index contributed by atoms with van der Waals surface area (Å²) in [7, 11) is 1.49. The molecule has 0 bridgehead atoms. The molecule has 0 saturated carbocycles. The van der Waals surface area contributed by atoms with E-state index in [0.717, 1.165) is 10.5 Å². The van der Waals surface area contributed by atoms with Crippen molar-refractivity contribution in [2.75, 3.05) is 13.7 Å². The van der Waals surface area contributed by atoms with Crippen molar-refractivity contribution in [3.63, 3.8) is 0 Å². The van der Waals surface area contributed by atoms with E-state index < -0.39 is 17.8 Å². The molecule has 0 radical (unpaired) electrons. The first kappa shape index (κ1) is 21.1. The Hall–Kier alpha value is -3.58. The summed E-state index contributed by atoms with van der Waals surface area (Å²) in [4.78, 5) is 37.4. The SMILES string of the molecule is C=CCN1C(=O)NC(=O)/C(=C\c2ccc(OCc3ccc(Cl)cc3)c(OC)c2)C1=O. The number of halogens is 1. The molecule has 2 aromatic rings. The second-order valence-corrected chi connectivity index (χ2v) is 6.78. The van der Waals surface area contributed by atoms with Crippen LogP contribution in [0, 0.1) is 0 Å². The van der Waals surface area contributed by atoms with Gasteiger partial charge in [-0.15, -0.1) is 6.58 Å².